The smallest absolute Gasteiger partial charge is 0.314 e. The van der Waals surface area contributed by atoms with E-state index in [9.17, 15) is 4.79 Å². The lowest BCUT2D eigenvalue weighted by Crippen LogP contribution is -2.41. The number of piperidine rings is 1. The first kappa shape index (κ1) is 21.0. The summed E-state index contributed by atoms with van der Waals surface area (Å²) in [5.41, 5.74) is 7.69. The third-order valence-corrected chi connectivity index (χ3v) is 5.31. The SMILES string of the molecule is COc1ccccc1COCCCOc1ccc(C2CCN(C(N)=O)CC2)cc1. The number of carbonyl (C=O) groups excluding carboxylic acids is 1. The molecule has 0 unspecified atom stereocenters. The molecule has 3 rings (SSSR count). The summed E-state index contributed by atoms with van der Waals surface area (Å²) in [5.74, 6) is 2.19. The molecule has 29 heavy (non-hydrogen) atoms. The van der Waals surface area contributed by atoms with Crippen LogP contribution in [0.5, 0.6) is 11.5 Å². The number of primary amides is 1. The quantitative estimate of drug-likeness (QED) is 0.649. The van der Waals surface area contributed by atoms with Gasteiger partial charge in [-0.05, 0) is 42.5 Å². The van der Waals surface area contributed by atoms with Gasteiger partial charge in [-0.15, -0.1) is 0 Å². The van der Waals surface area contributed by atoms with Gasteiger partial charge >= 0.3 is 6.03 Å². The minimum Gasteiger partial charge on any atom is -0.496 e. The van der Waals surface area contributed by atoms with Gasteiger partial charge in [0.15, 0.2) is 0 Å². The second kappa shape index (κ2) is 10.7. The van der Waals surface area contributed by atoms with E-state index in [0.29, 0.717) is 25.7 Å². The number of hydrogen-bond donors (Lipinski definition) is 1. The van der Waals surface area contributed by atoms with Crippen LogP contribution in [0.15, 0.2) is 48.5 Å². The summed E-state index contributed by atoms with van der Waals surface area (Å²) >= 11 is 0. The van der Waals surface area contributed by atoms with Crippen LogP contribution >= 0.6 is 0 Å². The van der Waals surface area contributed by atoms with Crippen molar-refractivity contribution < 1.29 is 19.0 Å². The van der Waals surface area contributed by atoms with E-state index >= 15 is 0 Å². The molecule has 6 nitrogen and oxygen atoms in total. The fourth-order valence-electron chi connectivity index (χ4n) is 3.62. The topological polar surface area (TPSA) is 74.0 Å². The van der Waals surface area contributed by atoms with E-state index < -0.39 is 0 Å². The Bertz CT molecular complexity index is 771. The van der Waals surface area contributed by atoms with Crippen molar-refractivity contribution in [3.8, 4) is 11.5 Å². The highest BCUT2D eigenvalue weighted by Gasteiger charge is 2.22. The van der Waals surface area contributed by atoms with Crippen molar-refractivity contribution in [3.05, 3.63) is 59.7 Å². The molecule has 1 aliphatic heterocycles. The lowest BCUT2D eigenvalue weighted by Gasteiger charge is -2.31. The average Bonchev–Trinajstić information content (AvgIpc) is 2.77. The minimum absolute atomic E-state index is 0.320. The summed E-state index contributed by atoms with van der Waals surface area (Å²) in [5, 5.41) is 0. The van der Waals surface area contributed by atoms with Crippen LogP contribution < -0.4 is 15.2 Å². The van der Waals surface area contributed by atoms with Crippen molar-refractivity contribution in [2.24, 2.45) is 5.73 Å². The van der Waals surface area contributed by atoms with Gasteiger partial charge in [-0.2, -0.15) is 0 Å². The maximum absolute atomic E-state index is 11.2. The molecular formula is C23H30N2O4. The molecule has 0 saturated carbocycles. The molecule has 1 heterocycles. The number of ether oxygens (including phenoxy) is 3. The number of nitrogens with two attached hydrogens (primary N) is 1. The minimum atomic E-state index is -0.320. The molecule has 2 N–H and O–H groups in total. The zero-order chi connectivity index (χ0) is 20.5. The number of nitrogens with zero attached hydrogens (tertiary/aromatic N) is 1. The van der Waals surface area contributed by atoms with Crippen LogP contribution in [0.3, 0.4) is 0 Å². The number of benzene rings is 2. The zero-order valence-electron chi connectivity index (χ0n) is 17.0. The number of methoxy groups -OCH3 is 1. The Morgan fingerprint density at radius 2 is 1.79 bits per heavy atom. The second-order valence-electron chi connectivity index (χ2n) is 7.24. The first-order valence-corrected chi connectivity index (χ1v) is 10.1. The van der Waals surface area contributed by atoms with Gasteiger partial charge < -0.3 is 24.8 Å². The fourth-order valence-corrected chi connectivity index (χ4v) is 3.62. The molecule has 0 radical (unpaired) electrons. The molecule has 2 amide bonds. The Morgan fingerprint density at radius 1 is 1.07 bits per heavy atom. The Balaban J connectivity index is 1.34. The van der Waals surface area contributed by atoms with Gasteiger partial charge in [0.2, 0.25) is 0 Å². The lowest BCUT2D eigenvalue weighted by molar-refractivity contribution is 0.105. The summed E-state index contributed by atoms with van der Waals surface area (Å²) in [6.07, 6.45) is 2.72. The van der Waals surface area contributed by atoms with Crippen molar-refractivity contribution in [3.63, 3.8) is 0 Å². The monoisotopic (exact) mass is 398 g/mol. The lowest BCUT2D eigenvalue weighted by atomic mass is 9.89. The Hall–Kier alpha value is -2.73. The molecule has 0 aromatic heterocycles. The van der Waals surface area contributed by atoms with Crippen LogP contribution in [-0.4, -0.2) is 44.3 Å². The molecule has 1 saturated heterocycles. The highest BCUT2D eigenvalue weighted by Crippen LogP contribution is 2.29. The highest BCUT2D eigenvalue weighted by molar-refractivity contribution is 5.72. The third-order valence-electron chi connectivity index (χ3n) is 5.31. The Morgan fingerprint density at radius 3 is 2.48 bits per heavy atom. The van der Waals surface area contributed by atoms with E-state index in [0.717, 1.165) is 49.4 Å². The Labute approximate surface area is 172 Å². The predicted octanol–water partition coefficient (Wildman–Crippen LogP) is 3.94. The number of rotatable bonds is 9. The number of amides is 2. The normalized spacial score (nSPS) is 14.6. The van der Waals surface area contributed by atoms with Crippen molar-refractivity contribution in [1.82, 2.24) is 4.90 Å². The summed E-state index contributed by atoms with van der Waals surface area (Å²) < 4.78 is 16.9. The van der Waals surface area contributed by atoms with Gasteiger partial charge in [0.1, 0.15) is 11.5 Å². The molecule has 2 aromatic carbocycles. The number of urea groups is 1. The van der Waals surface area contributed by atoms with E-state index in [4.69, 9.17) is 19.9 Å². The van der Waals surface area contributed by atoms with E-state index in [1.54, 1.807) is 12.0 Å². The molecule has 6 heteroatoms. The van der Waals surface area contributed by atoms with Gasteiger partial charge in [-0.25, -0.2) is 4.79 Å². The highest BCUT2D eigenvalue weighted by atomic mass is 16.5. The molecule has 1 aliphatic rings. The molecule has 0 spiro atoms. The van der Waals surface area contributed by atoms with Crippen LogP contribution in [0.1, 0.15) is 36.3 Å². The number of likely N-dealkylation sites (tertiary alicyclic amines) is 1. The maximum Gasteiger partial charge on any atom is 0.314 e. The molecular weight excluding hydrogens is 368 g/mol. The van der Waals surface area contributed by atoms with Gasteiger partial charge in [0, 0.05) is 25.1 Å². The van der Waals surface area contributed by atoms with Gasteiger partial charge in [-0.3, -0.25) is 0 Å². The number of carbonyl (C=O) groups is 1. The molecule has 0 aliphatic carbocycles. The summed E-state index contributed by atoms with van der Waals surface area (Å²) in [6.45, 7) is 3.24. The van der Waals surface area contributed by atoms with Crippen LogP contribution in [0, 0.1) is 0 Å². The van der Waals surface area contributed by atoms with Gasteiger partial charge in [-0.1, -0.05) is 30.3 Å². The van der Waals surface area contributed by atoms with E-state index in [1.165, 1.54) is 5.56 Å². The van der Waals surface area contributed by atoms with Crippen LogP contribution in [-0.2, 0) is 11.3 Å². The first-order chi connectivity index (χ1) is 14.2. The maximum atomic E-state index is 11.2. The third kappa shape index (κ3) is 6.12. The van der Waals surface area contributed by atoms with Gasteiger partial charge in [0.25, 0.3) is 0 Å². The summed E-state index contributed by atoms with van der Waals surface area (Å²) in [4.78, 5) is 12.9. The van der Waals surface area contributed by atoms with Crippen molar-refractivity contribution in [2.45, 2.75) is 31.8 Å². The van der Waals surface area contributed by atoms with Crippen LogP contribution in [0.25, 0.3) is 0 Å². The van der Waals surface area contributed by atoms with E-state index in [1.807, 2.05) is 36.4 Å². The predicted molar refractivity (Wildman–Crippen MR) is 112 cm³/mol. The first-order valence-electron chi connectivity index (χ1n) is 10.1. The Kier molecular flexibility index (Phi) is 7.76. The second-order valence-corrected chi connectivity index (χ2v) is 7.24. The number of hydrogen-bond acceptors (Lipinski definition) is 4. The zero-order valence-corrected chi connectivity index (χ0v) is 17.0. The van der Waals surface area contributed by atoms with E-state index in [2.05, 4.69) is 12.1 Å². The van der Waals surface area contributed by atoms with Gasteiger partial charge in [0.05, 0.1) is 26.9 Å². The van der Waals surface area contributed by atoms with Crippen LogP contribution in [0.4, 0.5) is 4.79 Å². The number of para-hydroxylation sites is 1. The fraction of sp³-hybridized carbons (Fsp3) is 0.435. The summed E-state index contributed by atoms with van der Waals surface area (Å²) in [6, 6.07) is 15.8. The molecule has 156 valence electrons. The van der Waals surface area contributed by atoms with E-state index in [-0.39, 0.29) is 6.03 Å². The summed E-state index contributed by atoms with van der Waals surface area (Å²) in [7, 11) is 1.67. The van der Waals surface area contributed by atoms with Crippen molar-refractivity contribution in [2.75, 3.05) is 33.4 Å². The van der Waals surface area contributed by atoms with Crippen LogP contribution in [0.2, 0.25) is 0 Å². The molecule has 1 fully saturated rings. The van der Waals surface area contributed by atoms with Crippen molar-refractivity contribution >= 4 is 6.03 Å². The molecule has 2 aromatic rings. The molecule has 0 atom stereocenters. The molecule has 0 bridgehead atoms. The van der Waals surface area contributed by atoms with Crippen molar-refractivity contribution in [1.29, 1.82) is 0 Å². The standard InChI is InChI=1S/C23H30N2O4/c1-27-22-6-3-2-5-20(22)17-28-15-4-16-29-21-9-7-18(8-10-21)19-11-13-25(14-12-19)23(24)26/h2-3,5-10,19H,4,11-17H2,1H3,(H2,24,26). The largest absolute Gasteiger partial charge is 0.496 e. The average molecular weight is 399 g/mol.